The van der Waals surface area contributed by atoms with Gasteiger partial charge in [-0.05, 0) is 53.5 Å². The summed E-state index contributed by atoms with van der Waals surface area (Å²) in [5.41, 5.74) is 7.84. The van der Waals surface area contributed by atoms with Crippen LogP contribution in [-0.2, 0) is 13.5 Å². The zero-order chi connectivity index (χ0) is 20.8. The second-order valence-electron chi connectivity index (χ2n) is 9.91. The van der Waals surface area contributed by atoms with Gasteiger partial charge in [0, 0.05) is 23.0 Å². The molecule has 148 valence electrons. The van der Waals surface area contributed by atoms with Crippen LogP contribution in [0.25, 0.3) is 49.1 Å². The van der Waals surface area contributed by atoms with Crippen LogP contribution >= 0.6 is 0 Å². The number of rotatable bonds is 1. The third kappa shape index (κ3) is 2.21. The fraction of sp³-hybridized carbons (Fsp3) is 0.259. The number of aromatic nitrogens is 3. The lowest BCUT2D eigenvalue weighted by Gasteiger charge is -2.20. The number of nitrogens with zero attached hydrogens (tertiary/aromatic N) is 3. The summed E-state index contributed by atoms with van der Waals surface area (Å²) >= 11 is 0. The standard InChI is InChI=1S/C27H26N3/c1-16-8-10-19-20-7-6-13-28-26(20)30-21-11-9-17(15-27(2,3)4)18-12-14-29(5)25(23(18)21)22(16)24(19)30/h6-14H,15H2,1-5H3/q+1. The van der Waals surface area contributed by atoms with Crippen molar-refractivity contribution in [1.29, 1.82) is 0 Å². The van der Waals surface area contributed by atoms with Crippen LogP contribution in [0.15, 0.2) is 54.9 Å². The van der Waals surface area contributed by atoms with E-state index >= 15 is 0 Å². The Balaban J connectivity index is 1.97. The van der Waals surface area contributed by atoms with Crippen molar-refractivity contribution in [2.75, 3.05) is 0 Å². The van der Waals surface area contributed by atoms with Gasteiger partial charge in [-0.1, -0.05) is 39.0 Å². The zero-order valence-electron chi connectivity index (χ0n) is 18.2. The van der Waals surface area contributed by atoms with E-state index in [1.54, 1.807) is 0 Å². The van der Waals surface area contributed by atoms with Crippen molar-refractivity contribution in [3.63, 3.8) is 0 Å². The zero-order valence-corrected chi connectivity index (χ0v) is 18.2. The molecule has 0 atom stereocenters. The van der Waals surface area contributed by atoms with Crippen molar-refractivity contribution in [2.45, 2.75) is 34.1 Å². The van der Waals surface area contributed by atoms with E-state index in [1.165, 1.54) is 54.6 Å². The Morgan fingerprint density at radius 3 is 2.57 bits per heavy atom. The highest BCUT2D eigenvalue weighted by Gasteiger charge is 2.25. The highest BCUT2D eigenvalue weighted by Crippen LogP contribution is 2.41. The first-order valence-corrected chi connectivity index (χ1v) is 10.7. The molecule has 4 heterocycles. The Hall–Kier alpha value is -3.20. The molecule has 0 N–H and O–H groups in total. The largest absolute Gasteiger partial charge is 0.292 e. The van der Waals surface area contributed by atoms with Gasteiger partial charge in [-0.3, -0.25) is 4.40 Å². The fourth-order valence-electron chi connectivity index (χ4n) is 5.31. The Morgan fingerprint density at radius 2 is 1.77 bits per heavy atom. The Labute approximate surface area is 175 Å². The molecule has 30 heavy (non-hydrogen) atoms. The number of fused-ring (bicyclic) bond motifs is 5. The van der Waals surface area contributed by atoms with Crippen molar-refractivity contribution in [3.8, 4) is 0 Å². The van der Waals surface area contributed by atoms with Gasteiger partial charge in [0.05, 0.1) is 21.8 Å². The Bertz CT molecular complexity index is 1610. The topological polar surface area (TPSA) is 21.2 Å². The summed E-state index contributed by atoms with van der Waals surface area (Å²) in [5.74, 6) is 0. The molecular weight excluding hydrogens is 366 g/mol. The lowest BCUT2D eigenvalue weighted by molar-refractivity contribution is -0.643. The molecule has 0 bridgehead atoms. The van der Waals surface area contributed by atoms with Crippen LogP contribution in [0.5, 0.6) is 0 Å². The minimum absolute atomic E-state index is 0.236. The van der Waals surface area contributed by atoms with Gasteiger partial charge in [0.1, 0.15) is 12.7 Å². The van der Waals surface area contributed by atoms with Gasteiger partial charge in [0.2, 0.25) is 5.52 Å². The highest BCUT2D eigenvalue weighted by molar-refractivity contribution is 6.25. The third-order valence-electron chi connectivity index (χ3n) is 6.47. The molecule has 0 fully saturated rings. The maximum absolute atomic E-state index is 4.81. The van der Waals surface area contributed by atoms with E-state index in [0.717, 1.165) is 12.1 Å². The van der Waals surface area contributed by atoms with Gasteiger partial charge < -0.3 is 0 Å². The molecule has 3 nitrogen and oxygen atoms in total. The minimum atomic E-state index is 0.236. The molecule has 0 radical (unpaired) electrons. The summed E-state index contributed by atoms with van der Waals surface area (Å²) in [6.45, 7) is 9.17. The maximum atomic E-state index is 4.81. The number of hydrogen-bond acceptors (Lipinski definition) is 1. The number of benzene rings is 2. The maximum Gasteiger partial charge on any atom is 0.224 e. The Morgan fingerprint density at radius 1 is 0.933 bits per heavy atom. The van der Waals surface area contributed by atoms with Gasteiger partial charge in [0.15, 0.2) is 6.20 Å². The van der Waals surface area contributed by atoms with Crippen molar-refractivity contribution in [2.24, 2.45) is 12.5 Å². The molecule has 0 unspecified atom stereocenters. The van der Waals surface area contributed by atoms with Gasteiger partial charge in [-0.25, -0.2) is 9.55 Å². The molecule has 0 aliphatic heterocycles. The number of hydrogen-bond donors (Lipinski definition) is 0. The van der Waals surface area contributed by atoms with Crippen molar-refractivity contribution < 1.29 is 4.57 Å². The first-order valence-electron chi connectivity index (χ1n) is 10.7. The molecule has 0 saturated carbocycles. The van der Waals surface area contributed by atoms with Crippen molar-refractivity contribution in [3.05, 3.63) is 66.0 Å². The van der Waals surface area contributed by atoms with Crippen molar-refractivity contribution >= 4 is 49.1 Å². The lowest BCUT2D eigenvalue weighted by atomic mass is 9.85. The molecule has 4 aromatic heterocycles. The average Bonchev–Trinajstić information content (AvgIpc) is 3.03. The first-order chi connectivity index (χ1) is 14.3. The second kappa shape index (κ2) is 5.69. The molecule has 6 rings (SSSR count). The average molecular weight is 393 g/mol. The van der Waals surface area contributed by atoms with E-state index in [4.69, 9.17) is 4.98 Å². The highest BCUT2D eigenvalue weighted by atomic mass is 15.0. The van der Waals surface area contributed by atoms with E-state index in [-0.39, 0.29) is 5.41 Å². The van der Waals surface area contributed by atoms with Crippen LogP contribution in [-0.4, -0.2) is 9.38 Å². The van der Waals surface area contributed by atoms with E-state index in [9.17, 15) is 0 Å². The van der Waals surface area contributed by atoms with Crippen LogP contribution in [0.4, 0.5) is 0 Å². The van der Waals surface area contributed by atoms with Gasteiger partial charge in [-0.15, -0.1) is 0 Å². The van der Waals surface area contributed by atoms with Crippen LogP contribution in [0.1, 0.15) is 31.9 Å². The van der Waals surface area contributed by atoms with Gasteiger partial charge in [0.25, 0.3) is 0 Å². The molecule has 0 aliphatic rings. The van der Waals surface area contributed by atoms with Gasteiger partial charge >= 0.3 is 0 Å². The predicted octanol–water partition coefficient (Wildman–Crippen LogP) is 6.11. The summed E-state index contributed by atoms with van der Waals surface area (Å²) in [6.07, 6.45) is 5.18. The summed E-state index contributed by atoms with van der Waals surface area (Å²) in [6, 6.07) is 15.7. The molecule has 3 heteroatoms. The lowest BCUT2D eigenvalue weighted by Crippen LogP contribution is -2.29. The van der Waals surface area contributed by atoms with Gasteiger partial charge in [-0.2, -0.15) is 0 Å². The molecule has 0 spiro atoms. The molecule has 0 saturated heterocycles. The van der Waals surface area contributed by atoms with E-state index < -0.39 is 0 Å². The summed E-state index contributed by atoms with van der Waals surface area (Å²) in [4.78, 5) is 4.81. The third-order valence-corrected chi connectivity index (χ3v) is 6.47. The number of pyridine rings is 3. The molecular formula is C27H26N3+. The molecule has 0 amide bonds. The number of aryl methyl sites for hydroxylation is 2. The molecule has 2 aromatic carbocycles. The van der Waals surface area contributed by atoms with Crippen LogP contribution in [0.2, 0.25) is 0 Å². The Kier molecular flexibility index (Phi) is 3.35. The summed E-state index contributed by atoms with van der Waals surface area (Å²) in [5, 5.41) is 6.53. The normalized spacial score (nSPS) is 13.0. The monoisotopic (exact) mass is 392 g/mol. The quantitative estimate of drug-likeness (QED) is 0.188. The predicted molar refractivity (Wildman–Crippen MR) is 125 cm³/mol. The second-order valence-corrected chi connectivity index (χ2v) is 9.91. The molecule has 6 aromatic rings. The van der Waals surface area contributed by atoms with Crippen LogP contribution in [0, 0.1) is 12.3 Å². The minimum Gasteiger partial charge on any atom is -0.292 e. The van der Waals surface area contributed by atoms with Crippen molar-refractivity contribution in [1.82, 2.24) is 9.38 Å². The SMILES string of the molecule is Cc1ccc2c3cccnc3n3c4ccc(CC(C)(C)C)c5cc[n+](C)c(c1c23)c54. The summed E-state index contributed by atoms with van der Waals surface area (Å²) < 4.78 is 4.69. The summed E-state index contributed by atoms with van der Waals surface area (Å²) in [7, 11) is 2.17. The van der Waals surface area contributed by atoms with E-state index in [1.807, 2.05) is 12.3 Å². The van der Waals surface area contributed by atoms with E-state index in [0.29, 0.717) is 0 Å². The fourth-order valence-corrected chi connectivity index (χ4v) is 5.31. The first kappa shape index (κ1) is 17.6. The van der Waals surface area contributed by atoms with E-state index in [2.05, 4.69) is 86.3 Å². The van der Waals surface area contributed by atoms with Crippen LogP contribution in [0.3, 0.4) is 0 Å². The molecule has 0 aliphatic carbocycles. The van der Waals surface area contributed by atoms with Crippen LogP contribution < -0.4 is 4.57 Å². The smallest absolute Gasteiger partial charge is 0.224 e.